The van der Waals surface area contributed by atoms with Gasteiger partial charge in [0, 0.05) is 17.9 Å². The van der Waals surface area contributed by atoms with Crippen LogP contribution >= 0.6 is 0 Å². The fourth-order valence-corrected chi connectivity index (χ4v) is 1.85. The summed E-state index contributed by atoms with van der Waals surface area (Å²) in [6, 6.07) is 7.38. The molecule has 1 aliphatic heterocycles. The summed E-state index contributed by atoms with van der Waals surface area (Å²) in [6.07, 6.45) is -0.365. The van der Waals surface area contributed by atoms with Crippen molar-refractivity contribution in [3.63, 3.8) is 0 Å². The molecule has 0 fully saturated rings. The quantitative estimate of drug-likeness (QED) is 0.821. The van der Waals surface area contributed by atoms with E-state index in [2.05, 4.69) is 6.07 Å². The molecule has 0 spiro atoms. The van der Waals surface area contributed by atoms with Gasteiger partial charge in [0.2, 0.25) is 0 Å². The molecule has 1 aromatic carbocycles. The number of rotatable bonds is 2. The molecule has 1 aromatic rings. The maximum Gasteiger partial charge on any atom is 0.125 e. The Labute approximate surface area is 94.0 Å². The predicted molar refractivity (Wildman–Crippen MR) is 57.2 cm³/mol. The van der Waals surface area contributed by atoms with Gasteiger partial charge in [0.25, 0.3) is 0 Å². The Morgan fingerprint density at radius 3 is 3.12 bits per heavy atom. The summed E-state index contributed by atoms with van der Waals surface area (Å²) < 4.78 is 10.6. The van der Waals surface area contributed by atoms with Gasteiger partial charge in [-0.3, -0.25) is 0 Å². The number of hydrogen-bond donors (Lipinski definition) is 1. The summed E-state index contributed by atoms with van der Waals surface area (Å²) in [7, 11) is 1.57. The molecule has 0 bridgehead atoms. The third-order valence-corrected chi connectivity index (χ3v) is 2.79. The summed E-state index contributed by atoms with van der Waals surface area (Å²) >= 11 is 0. The van der Waals surface area contributed by atoms with Gasteiger partial charge < -0.3 is 14.6 Å². The van der Waals surface area contributed by atoms with Crippen LogP contribution < -0.4 is 9.47 Å². The summed E-state index contributed by atoms with van der Waals surface area (Å²) in [5.74, 6) is 1.19. The minimum absolute atomic E-state index is 0.162. The predicted octanol–water partition coefficient (Wildman–Crippen LogP) is 1.65. The standard InChI is InChI=1S/C12H13NO3/c1-15-9-2-3-11-10(6-9)12(14)8(4-5-13)7-16-11/h2-3,6,8,12,14H,4,7H2,1H3/t8-,12-/m1/s1. The molecule has 1 heterocycles. The lowest BCUT2D eigenvalue weighted by Gasteiger charge is -2.29. The lowest BCUT2D eigenvalue weighted by molar-refractivity contribution is 0.0528. The van der Waals surface area contributed by atoms with E-state index >= 15 is 0 Å². The summed E-state index contributed by atoms with van der Waals surface area (Å²) in [4.78, 5) is 0. The van der Waals surface area contributed by atoms with Crippen molar-refractivity contribution >= 4 is 0 Å². The minimum atomic E-state index is -0.654. The van der Waals surface area contributed by atoms with Crippen LogP contribution in [0.3, 0.4) is 0 Å². The highest BCUT2D eigenvalue weighted by atomic mass is 16.5. The second-order valence-electron chi connectivity index (χ2n) is 3.78. The SMILES string of the molecule is COc1ccc2c(c1)[C@H](O)[C@H](CC#N)CO2. The Morgan fingerprint density at radius 1 is 1.62 bits per heavy atom. The molecule has 0 radical (unpaired) electrons. The molecule has 0 aromatic heterocycles. The van der Waals surface area contributed by atoms with Crippen molar-refractivity contribution in [3.05, 3.63) is 23.8 Å². The third-order valence-electron chi connectivity index (χ3n) is 2.79. The molecular formula is C12H13NO3. The first-order chi connectivity index (χ1) is 7.76. The fourth-order valence-electron chi connectivity index (χ4n) is 1.85. The Bertz CT molecular complexity index is 425. The van der Waals surface area contributed by atoms with E-state index in [0.717, 1.165) is 0 Å². The van der Waals surface area contributed by atoms with Crippen molar-refractivity contribution in [2.24, 2.45) is 5.92 Å². The van der Waals surface area contributed by atoms with E-state index < -0.39 is 6.10 Å². The molecule has 0 unspecified atom stereocenters. The molecule has 0 saturated heterocycles. The highest BCUT2D eigenvalue weighted by Crippen LogP contribution is 2.38. The normalized spacial score (nSPS) is 22.8. The number of hydrogen-bond acceptors (Lipinski definition) is 4. The van der Waals surface area contributed by atoms with Gasteiger partial charge in [-0.15, -0.1) is 0 Å². The van der Waals surface area contributed by atoms with Crippen molar-refractivity contribution < 1.29 is 14.6 Å². The van der Waals surface area contributed by atoms with E-state index in [9.17, 15) is 5.11 Å². The maximum atomic E-state index is 10.1. The minimum Gasteiger partial charge on any atom is -0.497 e. The molecule has 16 heavy (non-hydrogen) atoms. The number of ether oxygens (including phenoxy) is 2. The summed E-state index contributed by atoms with van der Waals surface area (Å²) in [6.45, 7) is 0.383. The van der Waals surface area contributed by atoms with E-state index in [1.54, 1.807) is 25.3 Å². The zero-order chi connectivity index (χ0) is 11.5. The smallest absolute Gasteiger partial charge is 0.125 e. The molecule has 2 rings (SSSR count). The number of fused-ring (bicyclic) bond motifs is 1. The highest BCUT2D eigenvalue weighted by molar-refractivity contribution is 5.43. The topological polar surface area (TPSA) is 62.5 Å². The zero-order valence-electron chi connectivity index (χ0n) is 9.01. The summed E-state index contributed by atoms with van der Waals surface area (Å²) in [5.41, 5.74) is 0.700. The van der Waals surface area contributed by atoms with Crippen LogP contribution in [-0.2, 0) is 0 Å². The van der Waals surface area contributed by atoms with Crippen molar-refractivity contribution in [2.45, 2.75) is 12.5 Å². The average Bonchev–Trinajstić information content (AvgIpc) is 2.33. The first-order valence-corrected chi connectivity index (χ1v) is 5.12. The molecule has 1 aliphatic rings. The molecular weight excluding hydrogens is 206 g/mol. The van der Waals surface area contributed by atoms with E-state index in [1.807, 2.05) is 0 Å². The van der Waals surface area contributed by atoms with Gasteiger partial charge in [-0.25, -0.2) is 0 Å². The Balaban J connectivity index is 2.31. The Kier molecular flexibility index (Phi) is 2.97. The second kappa shape index (κ2) is 4.42. The molecule has 1 N–H and O–H groups in total. The van der Waals surface area contributed by atoms with Gasteiger partial charge in [0.05, 0.1) is 25.9 Å². The number of aliphatic hydroxyl groups is 1. The highest BCUT2D eigenvalue weighted by Gasteiger charge is 2.29. The molecule has 2 atom stereocenters. The Morgan fingerprint density at radius 2 is 2.44 bits per heavy atom. The van der Waals surface area contributed by atoms with Crippen molar-refractivity contribution in [1.29, 1.82) is 5.26 Å². The van der Waals surface area contributed by atoms with E-state index in [-0.39, 0.29) is 12.3 Å². The van der Waals surface area contributed by atoms with Gasteiger partial charge in [0.15, 0.2) is 0 Å². The number of nitriles is 1. The molecule has 4 nitrogen and oxygen atoms in total. The molecule has 4 heteroatoms. The van der Waals surface area contributed by atoms with Gasteiger partial charge in [-0.05, 0) is 18.2 Å². The number of nitrogens with zero attached hydrogens (tertiary/aromatic N) is 1. The average molecular weight is 219 g/mol. The van der Waals surface area contributed by atoms with Crippen LogP contribution in [0.4, 0.5) is 0 Å². The third kappa shape index (κ3) is 1.82. The molecule has 0 saturated carbocycles. The maximum absolute atomic E-state index is 10.1. The van der Waals surface area contributed by atoms with Crippen molar-refractivity contribution in [1.82, 2.24) is 0 Å². The van der Waals surface area contributed by atoms with Crippen molar-refractivity contribution in [3.8, 4) is 17.6 Å². The van der Waals surface area contributed by atoms with Crippen molar-refractivity contribution in [2.75, 3.05) is 13.7 Å². The van der Waals surface area contributed by atoms with Crippen LogP contribution in [0.25, 0.3) is 0 Å². The van der Waals surface area contributed by atoms with Crippen LogP contribution in [0.2, 0.25) is 0 Å². The Hall–Kier alpha value is -1.73. The molecule has 0 amide bonds. The van der Waals surface area contributed by atoms with Gasteiger partial charge in [-0.1, -0.05) is 0 Å². The molecule has 0 aliphatic carbocycles. The lowest BCUT2D eigenvalue weighted by Crippen LogP contribution is -2.25. The lowest BCUT2D eigenvalue weighted by atomic mass is 9.91. The fraction of sp³-hybridized carbons (Fsp3) is 0.417. The van der Waals surface area contributed by atoms with Gasteiger partial charge in [-0.2, -0.15) is 5.26 Å². The van der Waals surface area contributed by atoms with Crippen LogP contribution in [-0.4, -0.2) is 18.8 Å². The van der Waals surface area contributed by atoms with Crippen LogP contribution in [0.1, 0.15) is 18.1 Å². The van der Waals surface area contributed by atoms with E-state index in [4.69, 9.17) is 14.7 Å². The molecule has 84 valence electrons. The van der Waals surface area contributed by atoms with Crippen LogP contribution in [0.5, 0.6) is 11.5 Å². The second-order valence-corrected chi connectivity index (χ2v) is 3.78. The summed E-state index contributed by atoms with van der Waals surface area (Å²) in [5, 5.41) is 18.7. The largest absolute Gasteiger partial charge is 0.497 e. The van der Waals surface area contributed by atoms with E-state index in [0.29, 0.717) is 23.7 Å². The first-order valence-electron chi connectivity index (χ1n) is 5.12. The van der Waals surface area contributed by atoms with E-state index in [1.165, 1.54) is 0 Å². The first kappa shape index (κ1) is 10.8. The zero-order valence-corrected chi connectivity index (χ0v) is 9.01. The van der Waals surface area contributed by atoms with Gasteiger partial charge >= 0.3 is 0 Å². The number of benzene rings is 1. The van der Waals surface area contributed by atoms with Crippen LogP contribution in [0, 0.1) is 17.2 Å². The monoisotopic (exact) mass is 219 g/mol. The van der Waals surface area contributed by atoms with Crippen LogP contribution in [0.15, 0.2) is 18.2 Å². The number of aliphatic hydroxyl groups excluding tert-OH is 1. The van der Waals surface area contributed by atoms with Gasteiger partial charge in [0.1, 0.15) is 11.5 Å². The number of methoxy groups -OCH3 is 1.